The molecule has 1 rings (SSSR count). The van der Waals surface area contributed by atoms with Crippen molar-refractivity contribution >= 4 is 29.1 Å². The number of benzene rings is 1. The number of hydrogen-bond donors (Lipinski definition) is 1. The van der Waals surface area contributed by atoms with Gasteiger partial charge in [0.15, 0.2) is 0 Å². The Morgan fingerprint density at radius 2 is 2.00 bits per heavy atom. The highest BCUT2D eigenvalue weighted by atomic mass is 35.5. The summed E-state index contributed by atoms with van der Waals surface area (Å²) in [6, 6.07) is 3.29. The first kappa shape index (κ1) is 17.1. The van der Waals surface area contributed by atoms with E-state index in [1.807, 2.05) is 14.1 Å². The van der Waals surface area contributed by atoms with Crippen LogP contribution in [0.4, 0.5) is 0 Å². The fraction of sp³-hybridized carbons (Fsp3) is 0.500. The summed E-state index contributed by atoms with van der Waals surface area (Å²) >= 11 is 12.1. The van der Waals surface area contributed by atoms with Crippen LogP contribution in [-0.4, -0.2) is 45.1 Å². The van der Waals surface area contributed by atoms with Gasteiger partial charge in [0.1, 0.15) is 5.75 Å². The van der Waals surface area contributed by atoms with E-state index in [0.717, 1.165) is 13.0 Å². The predicted octanol–water partition coefficient (Wildman–Crippen LogP) is 2.61. The van der Waals surface area contributed by atoms with E-state index >= 15 is 0 Å². The molecule has 0 aromatic heterocycles. The second-order valence-corrected chi connectivity index (χ2v) is 5.58. The third-order valence-electron chi connectivity index (χ3n) is 2.78. The molecule has 6 heteroatoms. The zero-order valence-electron chi connectivity index (χ0n) is 12.0. The quantitative estimate of drug-likeness (QED) is 0.786. The molecular weight excluding hydrogens is 299 g/mol. The second-order valence-electron chi connectivity index (χ2n) is 4.76. The first-order valence-corrected chi connectivity index (χ1v) is 7.13. The molecule has 1 amide bonds. The van der Waals surface area contributed by atoms with Crippen LogP contribution < -0.4 is 10.1 Å². The van der Waals surface area contributed by atoms with Gasteiger partial charge in [-0.15, -0.1) is 0 Å². The molecule has 20 heavy (non-hydrogen) atoms. The molecule has 0 saturated carbocycles. The zero-order chi connectivity index (χ0) is 15.1. The standard InChI is InChI=1S/C14H20Cl2N2O2/c1-18(2)6-4-5-17-14(19)8-10-7-12(16)13(20-3)9-11(10)15/h7,9H,4-6,8H2,1-3H3,(H,17,19). The summed E-state index contributed by atoms with van der Waals surface area (Å²) in [6.45, 7) is 1.59. The van der Waals surface area contributed by atoms with E-state index in [2.05, 4.69) is 10.2 Å². The average molecular weight is 319 g/mol. The van der Waals surface area contributed by atoms with Crippen LogP contribution in [0.15, 0.2) is 12.1 Å². The lowest BCUT2D eigenvalue weighted by Crippen LogP contribution is -2.28. The van der Waals surface area contributed by atoms with Crippen molar-refractivity contribution in [2.75, 3.05) is 34.3 Å². The Hall–Kier alpha value is -0.970. The number of carbonyl (C=O) groups excluding carboxylic acids is 1. The Bertz CT molecular complexity index is 465. The van der Waals surface area contributed by atoms with Gasteiger partial charge in [0.05, 0.1) is 18.6 Å². The summed E-state index contributed by atoms with van der Waals surface area (Å²) in [5, 5.41) is 3.80. The van der Waals surface area contributed by atoms with Crippen molar-refractivity contribution in [2.24, 2.45) is 0 Å². The molecule has 0 fully saturated rings. The first-order valence-electron chi connectivity index (χ1n) is 6.37. The van der Waals surface area contributed by atoms with E-state index in [1.54, 1.807) is 12.1 Å². The normalized spacial score (nSPS) is 10.7. The van der Waals surface area contributed by atoms with E-state index in [-0.39, 0.29) is 12.3 Å². The van der Waals surface area contributed by atoms with Gasteiger partial charge < -0.3 is 15.0 Å². The van der Waals surface area contributed by atoms with E-state index in [9.17, 15) is 4.79 Å². The number of methoxy groups -OCH3 is 1. The molecule has 0 radical (unpaired) electrons. The minimum absolute atomic E-state index is 0.0631. The molecule has 1 aromatic carbocycles. The summed E-state index contributed by atoms with van der Waals surface area (Å²) < 4.78 is 5.07. The van der Waals surface area contributed by atoms with E-state index < -0.39 is 0 Å². The number of halogens is 2. The Morgan fingerprint density at radius 3 is 2.60 bits per heavy atom. The average Bonchev–Trinajstić information content (AvgIpc) is 2.38. The van der Waals surface area contributed by atoms with Crippen molar-refractivity contribution in [3.8, 4) is 5.75 Å². The molecule has 0 aliphatic rings. The second kappa shape index (κ2) is 8.35. The Labute approximate surface area is 130 Å². The summed E-state index contributed by atoms with van der Waals surface area (Å²) in [6.07, 6.45) is 1.13. The number of amides is 1. The highest BCUT2D eigenvalue weighted by Gasteiger charge is 2.11. The van der Waals surface area contributed by atoms with Gasteiger partial charge in [-0.2, -0.15) is 0 Å². The molecule has 0 spiro atoms. The van der Waals surface area contributed by atoms with Gasteiger partial charge in [0.25, 0.3) is 0 Å². The minimum Gasteiger partial charge on any atom is -0.495 e. The van der Waals surface area contributed by atoms with E-state index in [1.165, 1.54) is 7.11 Å². The van der Waals surface area contributed by atoms with Crippen LogP contribution in [0.25, 0.3) is 0 Å². The van der Waals surface area contributed by atoms with Crippen LogP contribution in [0.5, 0.6) is 5.75 Å². The third kappa shape index (κ3) is 5.57. The number of hydrogen-bond acceptors (Lipinski definition) is 3. The summed E-state index contributed by atoms with van der Waals surface area (Å²) in [7, 11) is 5.52. The lowest BCUT2D eigenvalue weighted by atomic mass is 10.1. The van der Waals surface area contributed by atoms with Crippen molar-refractivity contribution < 1.29 is 9.53 Å². The van der Waals surface area contributed by atoms with Crippen LogP contribution in [0.1, 0.15) is 12.0 Å². The summed E-state index contributed by atoms with van der Waals surface area (Å²) in [4.78, 5) is 13.9. The van der Waals surface area contributed by atoms with Gasteiger partial charge in [-0.3, -0.25) is 4.79 Å². The van der Waals surface area contributed by atoms with Crippen molar-refractivity contribution in [1.82, 2.24) is 10.2 Å². The number of nitrogens with zero attached hydrogens (tertiary/aromatic N) is 1. The molecule has 4 nitrogen and oxygen atoms in total. The van der Waals surface area contributed by atoms with Crippen molar-refractivity contribution in [2.45, 2.75) is 12.8 Å². The van der Waals surface area contributed by atoms with E-state index in [0.29, 0.717) is 27.9 Å². The SMILES string of the molecule is COc1cc(Cl)c(CC(=O)NCCCN(C)C)cc1Cl. The lowest BCUT2D eigenvalue weighted by molar-refractivity contribution is -0.120. The van der Waals surface area contributed by atoms with Crippen molar-refractivity contribution in [3.05, 3.63) is 27.7 Å². The number of rotatable bonds is 7. The maximum Gasteiger partial charge on any atom is 0.224 e. The largest absolute Gasteiger partial charge is 0.495 e. The summed E-state index contributed by atoms with van der Waals surface area (Å²) in [5.74, 6) is 0.443. The highest BCUT2D eigenvalue weighted by molar-refractivity contribution is 6.34. The number of carbonyl (C=O) groups is 1. The molecular formula is C14H20Cl2N2O2. The van der Waals surface area contributed by atoms with Gasteiger partial charge in [-0.1, -0.05) is 23.2 Å². The lowest BCUT2D eigenvalue weighted by Gasteiger charge is -2.11. The molecule has 0 heterocycles. The van der Waals surface area contributed by atoms with Crippen LogP contribution in [0, 0.1) is 0 Å². The Balaban J connectivity index is 2.52. The predicted molar refractivity (Wildman–Crippen MR) is 82.9 cm³/mol. The highest BCUT2D eigenvalue weighted by Crippen LogP contribution is 2.31. The smallest absolute Gasteiger partial charge is 0.224 e. The number of ether oxygens (including phenoxy) is 1. The summed E-state index contributed by atoms with van der Waals surface area (Å²) in [5.41, 5.74) is 0.697. The van der Waals surface area contributed by atoms with Crippen molar-refractivity contribution in [1.29, 1.82) is 0 Å². The Morgan fingerprint density at radius 1 is 1.30 bits per heavy atom. The molecule has 1 aromatic rings. The molecule has 1 N–H and O–H groups in total. The van der Waals surface area contributed by atoms with E-state index in [4.69, 9.17) is 27.9 Å². The molecule has 0 bridgehead atoms. The molecule has 0 saturated heterocycles. The van der Waals surface area contributed by atoms with Gasteiger partial charge in [-0.05, 0) is 38.7 Å². The van der Waals surface area contributed by atoms with Gasteiger partial charge in [-0.25, -0.2) is 0 Å². The van der Waals surface area contributed by atoms with Gasteiger partial charge >= 0.3 is 0 Å². The van der Waals surface area contributed by atoms with Crippen LogP contribution >= 0.6 is 23.2 Å². The van der Waals surface area contributed by atoms with Crippen LogP contribution in [0.2, 0.25) is 10.0 Å². The van der Waals surface area contributed by atoms with Gasteiger partial charge in [0, 0.05) is 17.6 Å². The monoisotopic (exact) mass is 318 g/mol. The maximum absolute atomic E-state index is 11.8. The van der Waals surface area contributed by atoms with Crippen LogP contribution in [-0.2, 0) is 11.2 Å². The molecule has 0 unspecified atom stereocenters. The maximum atomic E-state index is 11.8. The topological polar surface area (TPSA) is 41.6 Å². The fourth-order valence-electron chi connectivity index (χ4n) is 1.72. The fourth-order valence-corrected chi connectivity index (χ4v) is 2.20. The van der Waals surface area contributed by atoms with Crippen LogP contribution in [0.3, 0.4) is 0 Å². The molecule has 0 aliphatic heterocycles. The zero-order valence-corrected chi connectivity index (χ0v) is 13.5. The molecule has 0 aliphatic carbocycles. The minimum atomic E-state index is -0.0631. The van der Waals surface area contributed by atoms with Crippen molar-refractivity contribution in [3.63, 3.8) is 0 Å². The third-order valence-corrected chi connectivity index (χ3v) is 3.42. The first-order chi connectivity index (χ1) is 9.43. The molecule has 112 valence electrons. The van der Waals surface area contributed by atoms with Gasteiger partial charge in [0.2, 0.25) is 5.91 Å². The molecule has 0 atom stereocenters. The number of nitrogens with one attached hydrogen (secondary N) is 1. The Kier molecular flexibility index (Phi) is 7.13.